The molecule has 0 aromatic heterocycles. The summed E-state index contributed by atoms with van der Waals surface area (Å²) in [5, 5.41) is 0. The molecule has 0 saturated heterocycles. The maximum absolute atomic E-state index is 14.2. The van der Waals surface area contributed by atoms with Crippen molar-refractivity contribution >= 4 is 0 Å². The maximum atomic E-state index is 14.2. The molecular formula is C13H18FN. The first-order valence-electron chi connectivity index (χ1n) is 5.69. The molecule has 82 valence electrons. The Bertz CT molecular complexity index is 312. The van der Waals surface area contributed by atoms with Crippen LogP contribution in [0.3, 0.4) is 0 Å². The number of hydrogen-bond acceptors (Lipinski definition) is 1. The highest BCUT2D eigenvalue weighted by Gasteiger charge is 2.33. The summed E-state index contributed by atoms with van der Waals surface area (Å²) in [6.07, 6.45) is 4.10. The molecule has 0 atom stereocenters. The monoisotopic (exact) mass is 207 g/mol. The van der Waals surface area contributed by atoms with Crippen LogP contribution in [-0.4, -0.2) is 5.67 Å². The molecule has 1 aromatic rings. The van der Waals surface area contributed by atoms with Crippen molar-refractivity contribution in [2.24, 2.45) is 5.73 Å². The summed E-state index contributed by atoms with van der Waals surface area (Å²) >= 11 is 0. The summed E-state index contributed by atoms with van der Waals surface area (Å²) in [7, 11) is 0. The molecule has 1 aromatic carbocycles. The molecule has 15 heavy (non-hydrogen) atoms. The van der Waals surface area contributed by atoms with Gasteiger partial charge >= 0.3 is 0 Å². The predicted octanol–water partition coefficient (Wildman–Crippen LogP) is 2.97. The third-order valence-corrected chi connectivity index (χ3v) is 3.28. The van der Waals surface area contributed by atoms with Crippen LogP contribution in [0.2, 0.25) is 0 Å². The Labute approximate surface area is 90.5 Å². The molecule has 0 radical (unpaired) electrons. The molecule has 0 aliphatic heterocycles. The topological polar surface area (TPSA) is 26.0 Å². The standard InChI is InChI=1S/C13H18FN/c14-13(7-1-2-8-13)9-11-3-5-12(10-15)6-4-11/h3-6H,1-2,7-10,15H2. The van der Waals surface area contributed by atoms with Gasteiger partial charge in [-0.3, -0.25) is 0 Å². The van der Waals surface area contributed by atoms with E-state index in [2.05, 4.69) is 0 Å². The van der Waals surface area contributed by atoms with Crippen LogP contribution in [0.15, 0.2) is 24.3 Å². The lowest BCUT2D eigenvalue weighted by atomic mass is 9.94. The van der Waals surface area contributed by atoms with Gasteiger partial charge in [-0.25, -0.2) is 4.39 Å². The maximum Gasteiger partial charge on any atom is 0.115 e. The van der Waals surface area contributed by atoms with E-state index < -0.39 is 5.67 Å². The van der Waals surface area contributed by atoms with Gasteiger partial charge in [0.2, 0.25) is 0 Å². The highest BCUT2D eigenvalue weighted by molar-refractivity contribution is 5.23. The molecule has 0 bridgehead atoms. The first kappa shape index (κ1) is 10.6. The predicted molar refractivity (Wildman–Crippen MR) is 60.3 cm³/mol. The fourth-order valence-electron chi connectivity index (χ4n) is 2.34. The molecule has 1 fully saturated rings. The van der Waals surface area contributed by atoms with Crippen molar-refractivity contribution in [2.45, 2.75) is 44.3 Å². The Kier molecular flexibility index (Phi) is 3.06. The Morgan fingerprint density at radius 2 is 1.60 bits per heavy atom. The summed E-state index contributed by atoms with van der Waals surface area (Å²) in [6, 6.07) is 7.99. The van der Waals surface area contributed by atoms with Crippen LogP contribution in [0.5, 0.6) is 0 Å². The molecule has 0 spiro atoms. The van der Waals surface area contributed by atoms with Gasteiger partial charge in [-0.2, -0.15) is 0 Å². The molecule has 1 saturated carbocycles. The minimum Gasteiger partial charge on any atom is -0.326 e. The highest BCUT2D eigenvalue weighted by atomic mass is 19.1. The van der Waals surface area contributed by atoms with E-state index in [-0.39, 0.29) is 0 Å². The van der Waals surface area contributed by atoms with Gasteiger partial charge in [-0.15, -0.1) is 0 Å². The molecule has 2 rings (SSSR count). The quantitative estimate of drug-likeness (QED) is 0.810. The molecule has 2 N–H and O–H groups in total. The van der Waals surface area contributed by atoms with Crippen LogP contribution in [0.25, 0.3) is 0 Å². The Morgan fingerprint density at radius 3 is 2.13 bits per heavy atom. The first-order chi connectivity index (χ1) is 7.22. The molecule has 1 aliphatic carbocycles. The fourth-order valence-corrected chi connectivity index (χ4v) is 2.34. The summed E-state index contributed by atoms with van der Waals surface area (Å²) in [4.78, 5) is 0. The average molecular weight is 207 g/mol. The van der Waals surface area contributed by atoms with Crippen molar-refractivity contribution in [3.8, 4) is 0 Å². The van der Waals surface area contributed by atoms with E-state index in [1.165, 1.54) is 0 Å². The van der Waals surface area contributed by atoms with E-state index in [4.69, 9.17) is 5.73 Å². The van der Waals surface area contributed by atoms with Crippen molar-refractivity contribution in [1.82, 2.24) is 0 Å². The summed E-state index contributed by atoms with van der Waals surface area (Å²) in [5.41, 5.74) is 6.78. The van der Waals surface area contributed by atoms with Crippen molar-refractivity contribution in [1.29, 1.82) is 0 Å². The lowest BCUT2D eigenvalue weighted by Crippen LogP contribution is -2.20. The van der Waals surface area contributed by atoms with Crippen LogP contribution >= 0.6 is 0 Å². The first-order valence-corrected chi connectivity index (χ1v) is 5.69. The van der Waals surface area contributed by atoms with Crippen LogP contribution in [0.4, 0.5) is 4.39 Å². The second-order valence-electron chi connectivity index (χ2n) is 4.56. The van der Waals surface area contributed by atoms with Crippen LogP contribution in [0.1, 0.15) is 36.8 Å². The fraction of sp³-hybridized carbons (Fsp3) is 0.538. The number of halogens is 1. The van der Waals surface area contributed by atoms with Gasteiger partial charge in [0.1, 0.15) is 5.67 Å². The van der Waals surface area contributed by atoms with E-state index in [0.717, 1.165) is 36.8 Å². The lowest BCUT2D eigenvalue weighted by molar-refractivity contribution is 0.173. The van der Waals surface area contributed by atoms with Crippen molar-refractivity contribution < 1.29 is 4.39 Å². The van der Waals surface area contributed by atoms with Crippen LogP contribution in [0, 0.1) is 0 Å². The Morgan fingerprint density at radius 1 is 1.07 bits per heavy atom. The second-order valence-corrected chi connectivity index (χ2v) is 4.56. The minimum atomic E-state index is -0.940. The zero-order valence-electron chi connectivity index (χ0n) is 9.01. The van der Waals surface area contributed by atoms with E-state index >= 15 is 0 Å². The third-order valence-electron chi connectivity index (χ3n) is 3.28. The number of rotatable bonds is 3. The number of nitrogens with two attached hydrogens (primary N) is 1. The molecule has 0 amide bonds. The second kappa shape index (κ2) is 4.31. The number of benzene rings is 1. The van der Waals surface area contributed by atoms with E-state index in [1.54, 1.807) is 0 Å². The van der Waals surface area contributed by atoms with Crippen molar-refractivity contribution in [2.75, 3.05) is 0 Å². The zero-order valence-corrected chi connectivity index (χ0v) is 9.01. The van der Waals surface area contributed by atoms with Crippen molar-refractivity contribution in [3.05, 3.63) is 35.4 Å². The molecule has 0 heterocycles. The number of alkyl halides is 1. The Balaban J connectivity index is 2.04. The normalized spacial score (nSPS) is 19.3. The van der Waals surface area contributed by atoms with Gasteiger partial charge < -0.3 is 5.73 Å². The number of hydrogen-bond donors (Lipinski definition) is 1. The lowest BCUT2D eigenvalue weighted by Gasteiger charge is -2.18. The zero-order chi connectivity index (χ0) is 10.7. The molecule has 1 aliphatic rings. The van der Waals surface area contributed by atoms with Gasteiger partial charge in [0.15, 0.2) is 0 Å². The minimum absolute atomic E-state index is 0.557. The molecule has 2 heteroatoms. The highest BCUT2D eigenvalue weighted by Crippen LogP contribution is 2.36. The van der Waals surface area contributed by atoms with Gasteiger partial charge in [0, 0.05) is 13.0 Å². The largest absolute Gasteiger partial charge is 0.326 e. The Hall–Kier alpha value is -0.890. The smallest absolute Gasteiger partial charge is 0.115 e. The van der Waals surface area contributed by atoms with Gasteiger partial charge in [0.25, 0.3) is 0 Å². The SMILES string of the molecule is NCc1ccc(CC2(F)CCCC2)cc1. The summed E-state index contributed by atoms with van der Waals surface area (Å²) in [6.45, 7) is 0.557. The van der Waals surface area contributed by atoms with E-state index in [9.17, 15) is 4.39 Å². The van der Waals surface area contributed by atoms with Gasteiger partial charge in [0.05, 0.1) is 0 Å². The van der Waals surface area contributed by atoms with Crippen LogP contribution < -0.4 is 5.73 Å². The molecular weight excluding hydrogens is 189 g/mol. The van der Waals surface area contributed by atoms with Gasteiger partial charge in [-0.05, 0) is 24.0 Å². The van der Waals surface area contributed by atoms with E-state index in [1.807, 2.05) is 24.3 Å². The van der Waals surface area contributed by atoms with Crippen LogP contribution in [-0.2, 0) is 13.0 Å². The molecule has 0 unspecified atom stereocenters. The van der Waals surface area contributed by atoms with Crippen molar-refractivity contribution in [3.63, 3.8) is 0 Å². The average Bonchev–Trinajstić information content (AvgIpc) is 2.66. The van der Waals surface area contributed by atoms with Gasteiger partial charge in [-0.1, -0.05) is 37.1 Å². The summed E-state index contributed by atoms with van der Waals surface area (Å²) in [5.74, 6) is 0. The summed E-state index contributed by atoms with van der Waals surface area (Å²) < 4.78 is 14.2. The third kappa shape index (κ3) is 2.57. The molecule has 1 nitrogen and oxygen atoms in total. The van der Waals surface area contributed by atoms with E-state index in [0.29, 0.717) is 13.0 Å².